The molecule has 2 N–H and O–H groups in total. The van der Waals surface area contributed by atoms with E-state index in [2.05, 4.69) is 25.2 Å². The van der Waals surface area contributed by atoms with Crippen molar-refractivity contribution in [2.75, 3.05) is 36.5 Å². The third-order valence-corrected chi connectivity index (χ3v) is 4.01. The van der Waals surface area contributed by atoms with Crippen LogP contribution in [0.1, 0.15) is 15.5 Å². The number of nitrogens with one attached hydrogen (secondary N) is 1. The Hall–Kier alpha value is -2.26. The van der Waals surface area contributed by atoms with E-state index in [-0.39, 0.29) is 4.88 Å². The van der Waals surface area contributed by atoms with E-state index in [1.165, 1.54) is 6.20 Å². The van der Waals surface area contributed by atoms with Gasteiger partial charge in [-0.2, -0.15) is 0 Å². The molecule has 0 radical (unpaired) electrons. The molecule has 3 heterocycles. The van der Waals surface area contributed by atoms with E-state index in [4.69, 9.17) is 9.84 Å². The van der Waals surface area contributed by atoms with Gasteiger partial charge in [0.05, 0.1) is 19.4 Å². The van der Waals surface area contributed by atoms with Crippen molar-refractivity contribution >= 4 is 34.1 Å². The minimum absolute atomic E-state index is 0.182. The highest BCUT2D eigenvalue weighted by atomic mass is 32.1. The van der Waals surface area contributed by atoms with Crippen LogP contribution in [0.25, 0.3) is 0 Å². The van der Waals surface area contributed by atoms with Crippen LogP contribution in [0.5, 0.6) is 0 Å². The fourth-order valence-corrected chi connectivity index (χ4v) is 2.77. The maximum atomic E-state index is 10.9. The Morgan fingerprint density at radius 3 is 2.86 bits per heavy atom. The normalized spacial score (nSPS) is 14.9. The Kier molecular flexibility index (Phi) is 4.16. The summed E-state index contributed by atoms with van der Waals surface area (Å²) in [7, 11) is 0. The SMILES string of the molecule is Cc1nc(Nc2ncc(C(=O)O)s2)cc(N2CCOCC2)n1. The zero-order chi connectivity index (χ0) is 15.5. The van der Waals surface area contributed by atoms with E-state index in [1.54, 1.807) is 0 Å². The van der Waals surface area contributed by atoms with Gasteiger partial charge in [0, 0.05) is 19.2 Å². The third kappa shape index (κ3) is 3.31. The molecule has 0 saturated carbocycles. The fraction of sp³-hybridized carbons (Fsp3) is 0.385. The van der Waals surface area contributed by atoms with Crippen molar-refractivity contribution in [1.82, 2.24) is 15.0 Å². The first kappa shape index (κ1) is 14.7. The maximum absolute atomic E-state index is 10.9. The molecule has 0 unspecified atom stereocenters. The van der Waals surface area contributed by atoms with Crippen LogP contribution in [-0.4, -0.2) is 52.3 Å². The lowest BCUT2D eigenvalue weighted by Gasteiger charge is -2.28. The summed E-state index contributed by atoms with van der Waals surface area (Å²) >= 11 is 1.07. The molecule has 2 aromatic rings. The predicted octanol–water partition coefficient (Wildman–Crippen LogP) is 1.52. The Balaban J connectivity index is 1.80. The molecular formula is C13H15N5O3S. The average molecular weight is 321 g/mol. The minimum atomic E-state index is -0.988. The van der Waals surface area contributed by atoms with Gasteiger partial charge in [0.2, 0.25) is 0 Å². The second-order valence-electron chi connectivity index (χ2n) is 4.72. The molecule has 0 aliphatic carbocycles. The summed E-state index contributed by atoms with van der Waals surface area (Å²) in [6.45, 7) is 4.76. The van der Waals surface area contributed by atoms with Crippen molar-refractivity contribution in [3.8, 4) is 0 Å². The van der Waals surface area contributed by atoms with Crippen LogP contribution in [-0.2, 0) is 4.74 Å². The highest BCUT2D eigenvalue weighted by Gasteiger charge is 2.15. The van der Waals surface area contributed by atoms with E-state index in [0.29, 0.717) is 30.0 Å². The molecule has 1 fully saturated rings. The number of carboxylic acids is 1. The summed E-state index contributed by atoms with van der Waals surface area (Å²) in [6.07, 6.45) is 1.33. The van der Waals surface area contributed by atoms with Crippen molar-refractivity contribution in [2.45, 2.75) is 6.92 Å². The first-order valence-corrected chi connectivity index (χ1v) is 7.58. The zero-order valence-corrected chi connectivity index (χ0v) is 12.8. The van der Waals surface area contributed by atoms with E-state index in [9.17, 15) is 4.79 Å². The summed E-state index contributed by atoms with van der Waals surface area (Å²) in [5.41, 5.74) is 0. The number of hydrogen-bond acceptors (Lipinski definition) is 8. The third-order valence-electron chi connectivity index (χ3n) is 3.11. The van der Waals surface area contributed by atoms with Gasteiger partial charge in [-0.25, -0.2) is 19.7 Å². The Morgan fingerprint density at radius 2 is 2.18 bits per heavy atom. The predicted molar refractivity (Wildman–Crippen MR) is 82.2 cm³/mol. The number of hydrogen-bond donors (Lipinski definition) is 2. The molecule has 3 rings (SSSR count). The lowest BCUT2D eigenvalue weighted by atomic mass is 10.4. The summed E-state index contributed by atoms with van der Waals surface area (Å²) < 4.78 is 5.34. The number of aromatic carboxylic acids is 1. The second kappa shape index (κ2) is 6.24. The van der Waals surface area contributed by atoms with Crippen LogP contribution in [0.15, 0.2) is 12.3 Å². The van der Waals surface area contributed by atoms with Crippen LogP contribution in [0.2, 0.25) is 0 Å². The van der Waals surface area contributed by atoms with Gasteiger partial charge in [-0.05, 0) is 6.92 Å². The number of anilines is 3. The average Bonchev–Trinajstić information content (AvgIpc) is 2.96. The number of rotatable bonds is 4. The first-order chi connectivity index (χ1) is 10.6. The topological polar surface area (TPSA) is 100 Å². The minimum Gasteiger partial charge on any atom is -0.477 e. The van der Waals surface area contributed by atoms with Gasteiger partial charge < -0.3 is 20.1 Å². The van der Waals surface area contributed by atoms with E-state index >= 15 is 0 Å². The van der Waals surface area contributed by atoms with Gasteiger partial charge in [0.15, 0.2) is 5.13 Å². The van der Waals surface area contributed by atoms with Gasteiger partial charge in [-0.15, -0.1) is 0 Å². The number of ether oxygens (including phenoxy) is 1. The monoisotopic (exact) mass is 321 g/mol. The van der Waals surface area contributed by atoms with Crippen molar-refractivity contribution in [1.29, 1.82) is 0 Å². The van der Waals surface area contributed by atoms with Crippen LogP contribution < -0.4 is 10.2 Å². The number of morpholine rings is 1. The Morgan fingerprint density at radius 1 is 1.41 bits per heavy atom. The molecule has 9 heteroatoms. The summed E-state index contributed by atoms with van der Waals surface area (Å²) in [4.78, 5) is 26.0. The molecule has 0 spiro atoms. The van der Waals surface area contributed by atoms with Crippen LogP contribution in [0.3, 0.4) is 0 Å². The molecule has 1 aliphatic rings. The molecule has 1 saturated heterocycles. The van der Waals surface area contributed by atoms with Crippen molar-refractivity contribution in [3.63, 3.8) is 0 Å². The number of aryl methyl sites for hydroxylation is 1. The van der Waals surface area contributed by atoms with Gasteiger partial charge in [0.25, 0.3) is 0 Å². The van der Waals surface area contributed by atoms with Gasteiger partial charge in [-0.1, -0.05) is 11.3 Å². The molecule has 0 amide bonds. The molecule has 1 aliphatic heterocycles. The Bertz CT molecular complexity index is 684. The highest BCUT2D eigenvalue weighted by molar-refractivity contribution is 7.17. The zero-order valence-electron chi connectivity index (χ0n) is 11.9. The number of carbonyl (C=O) groups is 1. The molecule has 116 valence electrons. The van der Waals surface area contributed by atoms with E-state index in [1.807, 2.05) is 13.0 Å². The first-order valence-electron chi connectivity index (χ1n) is 6.76. The van der Waals surface area contributed by atoms with Gasteiger partial charge >= 0.3 is 5.97 Å². The van der Waals surface area contributed by atoms with E-state index < -0.39 is 5.97 Å². The quantitative estimate of drug-likeness (QED) is 0.874. The molecule has 8 nitrogen and oxygen atoms in total. The smallest absolute Gasteiger partial charge is 0.347 e. The summed E-state index contributed by atoms with van der Waals surface area (Å²) in [5.74, 6) is 1.08. The maximum Gasteiger partial charge on any atom is 0.347 e. The van der Waals surface area contributed by atoms with Gasteiger partial charge in [-0.3, -0.25) is 0 Å². The Labute approximate surface area is 130 Å². The number of aromatic nitrogens is 3. The number of thiazole rings is 1. The number of nitrogens with zero attached hydrogens (tertiary/aromatic N) is 4. The lowest BCUT2D eigenvalue weighted by Crippen LogP contribution is -2.36. The summed E-state index contributed by atoms with van der Waals surface area (Å²) in [6, 6.07) is 1.83. The van der Waals surface area contributed by atoms with Crippen molar-refractivity contribution in [3.05, 3.63) is 23.0 Å². The molecular weight excluding hydrogens is 306 g/mol. The molecule has 22 heavy (non-hydrogen) atoms. The summed E-state index contributed by atoms with van der Waals surface area (Å²) in [5, 5.41) is 12.4. The largest absolute Gasteiger partial charge is 0.477 e. The van der Waals surface area contributed by atoms with Gasteiger partial charge in [0.1, 0.15) is 22.3 Å². The molecule has 0 atom stereocenters. The van der Waals surface area contributed by atoms with E-state index in [0.717, 1.165) is 30.2 Å². The standard InChI is InChI=1S/C13H15N5O3S/c1-8-15-10(17-13-14-7-9(22-13)12(19)20)6-11(16-8)18-2-4-21-5-3-18/h6-7H,2-5H2,1H3,(H,19,20)(H,14,15,16,17). The molecule has 2 aromatic heterocycles. The molecule has 0 aromatic carbocycles. The fourth-order valence-electron chi connectivity index (χ4n) is 2.11. The molecule has 0 bridgehead atoms. The van der Waals surface area contributed by atoms with Crippen LogP contribution in [0.4, 0.5) is 16.8 Å². The van der Waals surface area contributed by atoms with Crippen molar-refractivity contribution < 1.29 is 14.6 Å². The van der Waals surface area contributed by atoms with Crippen molar-refractivity contribution in [2.24, 2.45) is 0 Å². The second-order valence-corrected chi connectivity index (χ2v) is 5.75. The lowest BCUT2D eigenvalue weighted by molar-refractivity contribution is 0.0702. The van der Waals surface area contributed by atoms with Crippen LogP contribution in [0, 0.1) is 6.92 Å². The highest BCUT2D eigenvalue weighted by Crippen LogP contribution is 2.24. The number of carboxylic acid groups (broad SMARTS) is 1. The van der Waals surface area contributed by atoms with Crippen LogP contribution >= 0.6 is 11.3 Å².